The lowest BCUT2D eigenvalue weighted by Gasteiger charge is -2.07. The summed E-state index contributed by atoms with van der Waals surface area (Å²) in [5, 5.41) is 12.1. The van der Waals surface area contributed by atoms with Gasteiger partial charge in [-0.05, 0) is 31.9 Å². The summed E-state index contributed by atoms with van der Waals surface area (Å²) in [7, 11) is 0. The van der Waals surface area contributed by atoms with E-state index >= 15 is 0 Å². The van der Waals surface area contributed by atoms with Crippen LogP contribution in [0, 0.1) is 0 Å². The van der Waals surface area contributed by atoms with Crippen LogP contribution in [0.15, 0.2) is 0 Å². The highest BCUT2D eigenvalue weighted by atomic mass is 35.5. The number of ether oxygens (including phenoxy) is 1. The van der Waals surface area contributed by atoms with Gasteiger partial charge in [0.05, 0.1) is 12.7 Å². The highest BCUT2D eigenvalue weighted by molar-refractivity contribution is 6.28. The van der Waals surface area contributed by atoms with Crippen molar-refractivity contribution in [3.05, 3.63) is 5.28 Å². The number of aromatic nitrogens is 3. The minimum absolute atomic E-state index is 0.0815. The maximum atomic E-state index is 9.08. The molecule has 1 unspecified atom stereocenters. The number of anilines is 1. The highest BCUT2D eigenvalue weighted by Gasteiger charge is 2.05. The normalized spacial score (nSPS) is 12.2. The topological polar surface area (TPSA) is 80.2 Å². The molecule has 1 aromatic rings. The van der Waals surface area contributed by atoms with E-state index in [9.17, 15) is 0 Å². The van der Waals surface area contributed by atoms with Crippen LogP contribution >= 0.6 is 11.6 Å². The summed E-state index contributed by atoms with van der Waals surface area (Å²) in [6, 6.07) is 0.196. The zero-order valence-electron chi connectivity index (χ0n) is 9.27. The molecule has 0 spiro atoms. The first-order valence-corrected chi connectivity index (χ1v) is 5.46. The summed E-state index contributed by atoms with van der Waals surface area (Å²) in [6.07, 6.45) is 0.240. The molecule has 16 heavy (non-hydrogen) atoms. The maximum absolute atomic E-state index is 9.08. The average Bonchev–Trinajstić information content (AvgIpc) is 2.16. The molecule has 0 fully saturated rings. The van der Waals surface area contributed by atoms with Crippen LogP contribution in [0.2, 0.25) is 5.28 Å². The molecule has 2 N–H and O–H groups in total. The molecule has 0 aliphatic rings. The first-order chi connectivity index (χ1) is 7.61. The van der Waals surface area contributed by atoms with Gasteiger partial charge in [0.1, 0.15) is 0 Å². The fourth-order valence-electron chi connectivity index (χ4n) is 0.997. The highest BCUT2D eigenvalue weighted by Crippen LogP contribution is 2.11. The van der Waals surface area contributed by atoms with Gasteiger partial charge in [-0.2, -0.15) is 15.0 Å². The Morgan fingerprint density at radius 1 is 1.44 bits per heavy atom. The summed E-state index contributed by atoms with van der Waals surface area (Å²) < 4.78 is 5.12. The third kappa shape index (κ3) is 4.59. The number of halogens is 1. The van der Waals surface area contributed by atoms with Gasteiger partial charge in [0.15, 0.2) is 0 Å². The fourth-order valence-corrected chi connectivity index (χ4v) is 1.15. The third-order valence-corrected chi connectivity index (χ3v) is 1.88. The second-order valence-electron chi connectivity index (χ2n) is 3.21. The lowest BCUT2D eigenvalue weighted by atomic mass is 10.3. The van der Waals surface area contributed by atoms with Crippen LogP contribution in [0.25, 0.3) is 0 Å². The van der Waals surface area contributed by atoms with Gasteiger partial charge < -0.3 is 15.2 Å². The van der Waals surface area contributed by atoms with Crippen LogP contribution in [0.4, 0.5) is 5.95 Å². The summed E-state index contributed by atoms with van der Waals surface area (Å²) in [5.74, 6) is 0.351. The summed E-state index contributed by atoms with van der Waals surface area (Å²) in [6.45, 7) is 4.57. The minimum atomic E-state index is -0.365. The van der Waals surface area contributed by atoms with Gasteiger partial charge in [0.25, 0.3) is 0 Å². The second kappa shape index (κ2) is 6.44. The first kappa shape index (κ1) is 12.9. The Hall–Kier alpha value is -1.14. The van der Waals surface area contributed by atoms with Gasteiger partial charge in [-0.3, -0.25) is 0 Å². The molecule has 0 aliphatic carbocycles. The Morgan fingerprint density at radius 2 is 2.19 bits per heavy atom. The van der Waals surface area contributed by atoms with Crippen molar-refractivity contribution in [3.63, 3.8) is 0 Å². The summed E-state index contributed by atoms with van der Waals surface area (Å²) >= 11 is 5.70. The lowest BCUT2D eigenvalue weighted by molar-refractivity contribution is 0.188. The third-order valence-electron chi connectivity index (χ3n) is 1.71. The van der Waals surface area contributed by atoms with E-state index in [2.05, 4.69) is 20.3 Å². The lowest BCUT2D eigenvalue weighted by Crippen LogP contribution is -2.12. The molecule has 0 aromatic carbocycles. The number of hydrogen-bond acceptors (Lipinski definition) is 6. The van der Waals surface area contributed by atoms with Crippen molar-refractivity contribution in [1.82, 2.24) is 15.0 Å². The van der Waals surface area contributed by atoms with Gasteiger partial charge in [0, 0.05) is 6.54 Å². The van der Waals surface area contributed by atoms with E-state index in [1.807, 2.05) is 6.92 Å². The standard InChI is InChI=1S/C9H15ClN4O2/c1-3-16-9-13-7(10)12-8(14-9)11-5-4-6(2)15/h6,15H,3-5H2,1-2H3,(H,11,12,13,14). The van der Waals surface area contributed by atoms with Crippen molar-refractivity contribution in [2.75, 3.05) is 18.5 Å². The predicted molar refractivity (Wildman–Crippen MR) is 60.8 cm³/mol. The van der Waals surface area contributed by atoms with Crippen LogP contribution in [0.1, 0.15) is 20.3 Å². The van der Waals surface area contributed by atoms with Gasteiger partial charge in [-0.15, -0.1) is 0 Å². The molecule has 0 amide bonds. The van der Waals surface area contributed by atoms with Crippen LogP contribution in [0.3, 0.4) is 0 Å². The number of hydrogen-bond donors (Lipinski definition) is 2. The SMILES string of the molecule is CCOc1nc(Cl)nc(NCCC(C)O)n1. The summed E-state index contributed by atoms with van der Waals surface area (Å²) in [4.78, 5) is 11.7. The number of nitrogens with zero attached hydrogens (tertiary/aromatic N) is 3. The number of aliphatic hydroxyl groups excluding tert-OH is 1. The van der Waals surface area contributed by atoms with E-state index in [0.717, 1.165) is 0 Å². The van der Waals surface area contributed by atoms with E-state index in [0.29, 0.717) is 25.5 Å². The molecular weight excluding hydrogens is 232 g/mol. The maximum Gasteiger partial charge on any atom is 0.322 e. The van der Waals surface area contributed by atoms with Crippen LogP contribution < -0.4 is 10.1 Å². The summed E-state index contributed by atoms with van der Waals surface area (Å²) in [5.41, 5.74) is 0. The zero-order chi connectivity index (χ0) is 12.0. The van der Waals surface area contributed by atoms with E-state index < -0.39 is 0 Å². The molecule has 0 saturated heterocycles. The molecule has 0 aliphatic heterocycles. The molecule has 1 atom stereocenters. The Bertz CT molecular complexity index is 335. The second-order valence-corrected chi connectivity index (χ2v) is 3.55. The number of rotatable bonds is 6. The first-order valence-electron chi connectivity index (χ1n) is 5.08. The molecule has 90 valence electrons. The Kier molecular flexibility index (Phi) is 5.21. The van der Waals surface area contributed by atoms with Crippen LogP contribution in [-0.2, 0) is 0 Å². The minimum Gasteiger partial charge on any atom is -0.464 e. The Labute approximate surface area is 99.0 Å². The molecule has 1 rings (SSSR count). The van der Waals surface area contributed by atoms with Gasteiger partial charge in [0.2, 0.25) is 11.2 Å². The quantitative estimate of drug-likeness (QED) is 0.783. The fraction of sp³-hybridized carbons (Fsp3) is 0.667. The molecular formula is C9H15ClN4O2. The average molecular weight is 247 g/mol. The predicted octanol–water partition coefficient (Wildman–Crippen LogP) is 1.11. The smallest absolute Gasteiger partial charge is 0.322 e. The Balaban J connectivity index is 2.58. The van der Waals surface area contributed by atoms with Crippen molar-refractivity contribution in [3.8, 4) is 6.01 Å². The van der Waals surface area contributed by atoms with Gasteiger partial charge in [-0.1, -0.05) is 0 Å². The van der Waals surface area contributed by atoms with Crippen molar-refractivity contribution < 1.29 is 9.84 Å². The van der Waals surface area contributed by atoms with Crippen LogP contribution in [-0.4, -0.2) is 39.3 Å². The molecule has 1 heterocycles. The molecule has 6 nitrogen and oxygen atoms in total. The van der Waals surface area contributed by atoms with Gasteiger partial charge in [-0.25, -0.2) is 0 Å². The molecule has 0 radical (unpaired) electrons. The molecule has 0 bridgehead atoms. The van der Waals surface area contributed by atoms with Gasteiger partial charge >= 0.3 is 6.01 Å². The van der Waals surface area contributed by atoms with Crippen molar-refractivity contribution in [2.45, 2.75) is 26.4 Å². The van der Waals surface area contributed by atoms with E-state index in [4.69, 9.17) is 21.4 Å². The molecule has 1 aromatic heterocycles. The van der Waals surface area contributed by atoms with Crippen molar-refractivity contribution in [1.29, 1.82) is 0 Å². The van der Waals surface area contributed by atoms with E-state index in [-0.39, 0.29) is 17.4 Å². The van der Waals surface area contributed by atoms with E-state index in [1.54, 1.807) is 6.92 Å². The zero-order valence-corrected chi connectivity index (χ0v) is 10.0. The van der Waals surface area contributed by atoms with E-state index in [1.165, 1.54) is 0 Å². The molecule has 7 heteroatoms. The van der Waals surface area contributed by atoms with Crippen LogP contribution in [0.5, 0.6) is 6.01 Å². The number of nitrogens with one attached hydrogen (secondary N) is 1. The molecule has 0 saturated carbocycles. The Morgan fingerprint density at radius 3 is 2.81 bits per heavy atom. The van der Waals surface area contributed by atoms with Crippen molar-refractivity contribution in [2.24, 2.45) is 0 Å². The van der Waals surface area contributed by atoms with Crippen molar-refractivity contribution >= 4 is 17.5 Å². The largest absolute Gasteiger partial charge is 0.464 e. The monoisotopic (exact) mass is 246 g/mol. The number of aliphatic hydroxyl groups is 1.